The molecule has 1 rings (SSSR count). The summed E-state index contributed by atoms with van der Waals surface area (Å²) < 4.78 is 0. The third-order valence-electron chi connectivity index (χ3n) is 2.91. The van der Waals surface area contributed by atoms with E-state index in [0.29, 0.717) is 6.42 Å². The lowest BCUT2D eigenvalue weighted by atomic mass is 9.89. The smallest absolute Gasteiger partial charge is 0.221 e. The van der Waals surface area contributed by atoms with Gasteiger partial charge >= 0.3 is 0 Å². The summed E-state index contributed by atoms with van der Waals surface area (Å²) in [6.07, 6.45) is 2.80. The first-order chi connectivity index (χ1) is 7.12. The van der Waals surface area contributed by atoms with E-state index in [1.165, 1.54) is 0 Å². The Morgan fingerprint density at radius 3 is 2.60 bits per heavy atom. The number of piperidine rings is 1. The van der Waals surface area contributed by atoms with Crippen molar-refractivity contribution in [1.82, 2.24) is 10.2 Å². The van der Waals surface area contributed by atoms with Gasteiger partial charge in [-0.3, -0.25) is 4.79 Å². The van der Waals surface area contributed by atoms with Crippen LogP contribution in [0.1, 0.15) is 32.6 Å². The van der Waals surface area contributed by atoms with Crippen LogP contribution in [-0.2, 0) is 4.79 Å². The van der Waals surface area contributed by atoms with Crippen molar-refractivity contribution in [2.45, 2.75) is 38.1 Å². The summed E-state index contributed by atoms with van der Waals surface area (Å²) in [6, 6.07) is 2.27. The van der Waals surface area contributed by atoms with Gasteiger partial charge in [-0.25, -0.2) is 0 Å². The van der Waals surface area contributed by atoms with Crippen LogP contribution in [0.3, 0.4) is 0 Å². The van der Waals surface area contributed by atoms with E-state index in [2.05, 4.69) is 16.3 Å². The lowest BCUT2D eigenvalue weighted by molar-refractivity contribution is -0.122. The van der Waals surface area contributed by atoms with Gasteiger partial charge in [-0.15, -0.1) is 0 Å². The van der Waals surface area contributed by atoms with Gasteiger partial charge in [0.25, 0.3) is 0 Å². The highest BCUT2D eigenvalue weighted by atomic mass is 16.1. The summed E-state index contributed by atoms with van der Waals surface area (Å²) in [4.78, 5) is 13.7. The van der Waals surface area contributed by atoms with Crippen molar-refractivity contribution < 1.29 is 4.79 Å². The number of nitriles is 1. The predicted octanol–water partition coefficient (Wildman–Crippen LogP) is 0.891. The molecule has 0 aromatic carbocycles. The average molecular weight is 209 g/mol. The average Bonchev–Trinajstić information content (AvgIpc) is 2.22. The zero-order valence-corrected chi connectivity index (χ0v) is 9.55. The molecule has 0 spiro atoms. The Hall–Kier alpha value is -1.08. The molecule has 1 heterocycles. The summed E-state index contributed by atoms with van der Waals surface area (Å²) in [5.74, 6) is 0.00334. The number of hydrogen-bond acceptors (Lipinski definition) is 3. The third kappa shape index (κ3) is 3.21. The highest BCUT2D eigenvalue weighted by Crippen LogP contribution is 2.20. The second-order valence-electron chi connectivity index (χ2n) is 4.30. The number of carbonyl (C=O) groups excluding carboxylic acids is 1. The number of nitrogens with zero attached hydrogens (tertiary/aromatic N) is 2. The van der Waals surface area contributed by atoms with E-state index in [-0.39, 0.29) is 5.91 Å². The molecule has 1 N–H and O–H groups in total. The quantitative estimate of drug-likeness (QED) is 0.751. The number of hydrogen-bond donors (Lipinski definition) is 1. The van der Waals surface area contributed by atoms with Crippen LogP contribution in [-0.4, -0.2) is 36.5 Å². The minimum absolute atomic E-state index is 0.00334. The Morgan fingerprint density at radius 1 is 1.53 bits per heavy atom. The molecule has 0 saturated carbocycles. The molecule has 4 nitrogen and oxygen atoms in total. The van der Waals surface area contributed by atoms with Gasteiger partial charge in [0.2, 0.25) is 5.91 Å². The molecule has 1 aliphatic heterocycles. The van der Waals surface area contributed by atoms with Crippen molar-refractivity contribution in [3.63, 3.8) is 0 Å². The Balaban J connectivity index is 2.55. The number of amides is 1. The molecule has 0 aromatic heterocycles. The zero-order valence-electron chi connectivity index (χ0n) is 9.55. The molecule has 1 fully saturated rings. The van der Waals surface area contributed by atoms with Gasteiger partial charge in [-0.1, -0.05) is 6.92 Å². The van der Waals surface area contributed by atoms with Crippen LogP contribution in [0.25, 0.3) is 0 Å². The first-order valence-electron chi connectivity index (χ1n) is 5.53. The van der Waals surface area contributed by atoms with E-state index in [4.69, 9.17) is 5.26 Å². The number of carbonyl (C=O) groups is 1. The molecular weight excluding hydrogens is 190 g/mol. The van der Waals surface area contributed by atoms with Crippen LogP contribution in [0.15, 0.2) is 0 Å². The standard InChI is InChI=1S/C11H19N3O/c1-3-4-10(15)13-11(9-12)5-7-14(2)8-6-11/h3-8H2,1-2H3,(H,13,15). The molecular formula is C11H19N3O. The highest BCUT2D eigenvalue weighted by Gasteiger charge is 2.34. The molecule has 0 aromatic rings. The van der Waals surface area contributed by atoms with Crippen molar-refractivity contribution in [3.8, 4) is 6.07 Å². The number of rotatable bonds is 3. The largest absolute Gasteiger partial charge is 0.338 e. The number of likely N-dealkylation sites (tertiary alicyclic amines) is 1. The summed E-state index contributed by atoms with van der Waals surface area (Å²) in [6.45, 7) is 3.72. The molecule has 1 saturated heterocycles. The second kappa shape index (κ2) is 5.13. The molecule has 0 radical (unpaired) electrons. The Bertz CT molecular complexity index is 261. The fourth-order valence-corrected chi connectivity index (χ4v) is 1.82. The predicted molar refractivity (Wildman–Crippen MR) is 58.1 cm³/mol. The minimum atomic E-state index is -0.612. The highest BCUT2D eigenvalue weighted by molar-refractivity contribution is 5.77. The molecule has 84 valence electrons. The molecule has 0 aliphatic carbocycles. The van der Waals surface area contributed by atoms with E-state index >= 15 is 0 Å². The van der Waals surface area contributed by atoms with Gasteiger partial charge in [0.15, 0.2) is 0 Å². The van der Waals surface area contributed by atoms with Crippen molar-refractivity contribution >= 4 is 5.91 Å². The molecule has 0 bridgehead atoms. The second-order valence-corrected chi connectivity index (χ2v) is 4.30. The lowest BCUT2D eigenvalue weighted by Crippen LogP contribution is -2.53. The van der Waals surface area contributed by atoms with E-state index < -0.39 is 5.54 Å². The first kappa shape index (κ1) is 12.0. The van der Waals surface area contributed by atoms with Gasteiger partial charge < -0.3 is 10.2 Å². The van der Waals surface area contributed by atoms with Crippen molar-refractivity contribution in [2.24, 2.45) is 0 Å². The van der Waals surface area contributed by atoms with E-state index in [1.807, 2.05) is 14.0 Å². The topological polar surface area (TPSA) is 56.1 Å². The monoisotopic (exact) mass is 209 g/mol. The number of nitrogens with one attached hydrogen (secondary N) is 1. The Kier molecular flexibility index (Phi) is 4.10. The van der Waals surface area contributed by atoms with Gasteiger partial charge in [0.05, 0.1) is 6.07 Å². The lowest BCUT2D eigenvalue weighted by Gasteiger charge is -2.35. The van der Waals surface area contributed by atoms with Gasteiger partial charge in [-0.2, -0.15) is 5.26 Å². The Morgan fingerprint density at radius 2 is 2.13 bits per heavy atom. The van der Waals surface area contributed by atoms with Crippen molar-refractivity contribution in [1.29, 1.82) is 5.26 Å². The fraction of sp³-hybridized carbons (Fsp3) is 0.818. The van der Waals surface area contributed by atoms with E-state index in [0.717, 1.165) is 32.4 Å². The van der Waals surface area contributed by atoms with Crippen LogP contribution < -0.4 is 5.32 Å². The van der Waals surface area contributed by atoms with Crippen LogP contribution in [0, 0.1) is 11.3 Å². The zero-order chi connectivity index (χ0) is 11.3. The van der Waals surface area contributed by atoms with Crippen LogP contribution >= 0.6 is 0 Å². The summed E-state index contributed by atoms with van der Waals surface area (Å²) >= 11 is 0. The summed E-state index contributed by atoms with van der Waals surface area (Å²) in [5, 5.41) is 12.0. The van der Waals surface area contributed by atoms with Gasteiger partial charge in [-0.05, 0) is 26.3 Å². The Labute approximate surface area is 91.2 Å². The van der Waals surface area contributed by atoms with Crippen molar-refractivity contribution in [3.05, 3.63) is 0 Å². The van der Waals surface area contributed by atoms with Crippen LogP contribution in [0.2, 0.25) is 0 Å². The minimum Gasteiger partial charge on any atom is -0.338 e. The third-order valence-corrected chi connectivity index (χ3v) is 2.91. The SMILES string of the molecule is CCCC(=O)NC1(C#N)CCN(C)CC1. The molecule has 15 heavy (non-hydrogen) atoms. The molecule has 4 heteroatoms. The van der Waals surface area contributed by atoms with E-state index in [9.17, 15) is 4.79 Å². The first-order valence-corrected chi connectivity index (χ1v) is 5.53. The molecule has 0 atom stereocenters. The maximum atomic E-state index is 11.5. The maximum absolute atomic E-state index is 11.5. The van der Waals surface area contributed by atoms with Gasteiger partial charge in [0.1, 0.15) is 5.54 Å². The van der Waals surface area contributed by atoms with Crippen LogP contribution in [0.4, 0.5) is 0 Å². The maximum Gasteiger partial charge on any atom is 0.221 e. The summed E-state index contributed by atoms with van der Waals surface area (Å²) in [5.41, 5.74) is -0.612. The normalized spacial score (nSPS) is 20.6. The molecule has 1 aliphatic rings. The molecule has 0 unspecified atom stereocenters. The van der Waals surface area contributed by atoms with Gasteiger partial charge in [0, 0.05) is 19.5 Å². The molecule has 1 amide bonds. The summed E-state index contributed by atoms with van der Waals surface area (Å²) in [7, 11) is 2.04. The van der Waals surface area contributed by atoms with Crippen molar-refractivity contribution in [2.75, 3.05) is 20.1 Å². The van der Waals surface area contributed by atoms with Crippen LogP contribution in [0.5, 0.6) is 0 Å². The fourth-order valence-electron chi connectivity index (χ4n) is 1.82. The van der Waals surface area contributed by atoms with E-state index in [1.54, 1.807) is 0 Å².